The van der Waals surface area contributed by atoms with Crippen molar-refractivity contribution in [1.82, 2.24) is 10.2 Å². The van der Waals surface area contributed by atoms with Crippen molar-refractivity contribution in [3.63, 3.8) is 0 Å². The minimum atomic E-state index is -0.171. The van der Waals surface area contributed by atoms with Gasteiger partial charge in [0.15, 0.2) is 0 Å². The van der Waals surface area contributed by atoms with Crippen molar-refractivity contribution in [2.75, 3.05) is 18.4 Å². The van der Waals surface area contributed by atoms with Crippen LogP contribution in [0.4, 0.5) is 5.69 Å². The van der Waals surface area contributed by atoms with Gasteiger partial charge in [0.1, 0.15) is 0 Å². The van der Waals surface area contributed by atoms with Crippen LogP contribution < -0.4 is 10.6 Å². The fourth-order valence-electron chi connectivity index (χ4n) is 3.33. The van der Waals surface area contributed by atoms with Crippen molar-refractivity contribution in [2.45, 2.75) is 43.0 Å². The van der Waals surface area contributed by atoms with Crippen LogP contribution in [0.2, 0.25) is 0 Å². The Kier molecular flexibility index (Phi) is 7.12. The third-order valence-electron chi connectivity index (χ3n) is 4.72. The van der Waals surface area contributed by atoms with Gasteiger partial charge in [-0.2, -0.15) is 0 Å². The maximum atomic E-state index is 12.6. The summed E-state index contributed by atoms with van der Waals surface area (Å²) in [6, 6.07) is 18.2. The van der Waals surface area contributed by atoms with Crippen LogP contribution in [0.5, 0.6) is 0 Å². The second-order valence-corrected chi connectivity index (χ2v) is 8.59. The molecule has 2 unspecified atom stereocenters. The highest BCUT2D eigenvalue weighted by atomic mass is 32.2. The molecule has 0 radical (unpaired) electrons. The van der Waals surface area contributed by atoms with E-state index in [2.05, 4.69) is 39.8 Å². The molecule has 1 aliphatic rings. The lowest BCUT2D eigenvalue weighted by Gasteiger charge is -2.18. The molecular formula is C22H27N3O2S. The Morgan fingerprint density at radius 1 is 1.14 bits per heavy atom. The summed E-state index contributed by atoms with van der Waals surface area (Å²) in [5.74, 6) is -0.0199. The molecule has 0 saturated carbocycles. The molecule has 0 aromatic heterocycles. The quantitative estimate of drug-likeness (QED) is 0.702. The first-order valence-electron chi connectivity index (χ1n) is 9.60. The third kappa shape index (κ3) is 6.11. The summed E-state index contributed by atoms with van der Waals surface area (Å²) in [7, 11) is 0. The van der Waals surface area contributed by atoms with Gasteiger partial charge in [0.25, 0.3) is 0 Å². The Hall–Kier alpha value is -2.31. The van der Waals surface area contributed by atoms with Crippen LogP contribution in [0.3, 0.4) is 0 Å². The molecule has 3 rings (SSSR count). The predicted octanol–water partition coefficient (Wildman–Crippen LogP) is 3.52. The summed E-state index contributed by atoms with van der Waals surface area (Å²) in [6.45, 7) is 6.24. The SMILES string of the molecule is CC(=O)Nc1ccc(SC(C)C(=O)NC2CCN(Cc3ccccc3)C2)cc1. The predicted molar refractivity (Wildman–Crippen MR) is 114 cm³/mol. The first kappa shape index (κ1) is 20.4. The van der Waals surface area contributed by atoms with E-state index in [1.54, 1.807) is 0 Å². The van der Waals surface area contributed by atoms with Crippen molar-refractivity contribution in [2.24, 2.45) is 0 Å². The molecule has 1 heterocycles. The number of carbonyl (C=O) groups excluding carboxylic acids is 2. The third-order valence-corrected chi connectivity index (χ3v) is 5.84. The summed E-state index contributed by atoms with van der Waals surface area (Å²) < 4.78 is 0. The van der Waals surface area contributed by atoms with Crippen LogP contribution in [0.25, 0.3) is 0 Å². The summed E-state index contributed by atoms with van der Waals surface area (Å²) >= 11 is 1.53. The first-order chi connectivity index (χ1) is 13.5. The summed E-state index contributed by atoms with van der Waals surface area (Å²) in [6.07, 6.45) is 0.987. The van der Waals surface area contributed by atoms with Crippen LogP contribution in [0.1, 0.15) is 25.8 Å². The van der Waals surface area contributed by atoms with Crippen molar-refractivity contribution in [3.05, 3.63) is 60.2 Å². The van der Waals surface area contributed by atoms with Gasteiger partial charge in [0.2, 0.25) is 11.8 Å². The fourth-order valence-corrected chi connectivity index (χ4v) is 4.21. The molecule has 0 bridgehead atoms. The number of carbonyl (C=O) groups is 2. The van der Waals surface area contributed by atoms with Gasteiger partial charge in [-0.1, -0.05) is 30.3 Å². The number of hydrogen-bond acceptors (Lipinski definition) is 4. The smallest absolute Gasteiger partial charge is 0.233 e. The zero-order valence-corrected chi connectivity index (χ0v) is 17.2. The number of thioether (sulfide) groups is 1. The lowest BCUT2D eigenvalue weighted by Crippen LogP contribution is -2.40. The minimum absolute atomic E-state index is 0.0718. The second-order valence-electron chi connectivity index (χ2n) is 7.18. The van der Waals surface area contributed by atoms with Gasteiger partial charge in [-0.3, -0.25) is 14.5 Å². The van der Waals surface area contributed by atoms with E-state index >= 15 is 0 Å². The molecule has 2 aromatic carbocycles. The minimum Gasteiger partial charge on any atom is -0.351 e. The molecule has 2 aromatic rings. The molecule has 1 aliphatic heterocycles. The molecular weight excluding hydrogens is 370 g/mol. The first-order valence-corrected chi connectivity index (χ1v) is 10.5. The number of hydrogen-bond donors (Lipinski definition) is 2. The number of nitrogens with zero attached hydrogens (tertiary/aromatic N) is 1. The van der Waals surface area contributed by atoms with E-state index in [-0.39, 0.29) is 23.1 Å². The van der Waals surface area contributed by atoms with Crippen LogP contribution >= 0.6 is 11.8 Å². The Morgan fingerprint density at radius 3 is 2.54 bits per heavy atom. The van der Waals surface area contributed by atoms with Gasteiger partial charge in [-0.25, -0.2) is 0 Å². The zero-order valence-electron chi connectivity index (χ0n) is 16.4. The van der Waals surface area contributed by atoms with E-state index in [0.29, 0.717) is 0 Å². The molecule has 6 heteroatoms. The Morgan fingerprint density at radius 2 is 1.86 bits per heavy atom. The summed E-state index contributed by atoms with van der Waals surface area (Å²) in [5, 5.41) is 5.77. The highest BCUT2D eigenvalue weighted by Crippen LogP contribution is 2.25. The number of amides is 2. The van der Waals surface area contributed by atoms with E-state index in [1.165, 1.54) is 24.2 Å². The molecule has 0 spiro atoms. The Bertz CT molecular complexity index is 795. The lowest BCUT2D eigenvalue weighted by molar-refractivity contribution is -0.121. The lowest BCUT2D eigenvalue weighted by atomic mass is 10.2. The summed E-state index contributed by atoms with van der Waals surface area (Å²) in [5.41, 5.74) is 2.07. The van der Waals surface area contributed by atoms with Crippen LogP contribution in [0.15, 0.2) is 59.5 Å². The van der Waals surface area contributed by atoms with E-state index in [0.717, 1.165) is 36.6 Å². The normalized spacial score (nSPS) is 17.9. The molecule has 0 aliphatic carbocycles. The van der Waals surface area contributed by atoms with Crippen LogP contribution in [-0.4, -0.2) is 41.1 Å². The topological polar surface area (TPSA) is 61.4 Å². The number of nitrogens with one attached hydrogen (secondary N) is 2. The Labute approximate surface area is 170 Å². The molecule has 28 heavy (non-hydrogen) atoms. The van der Waals surface area contributed by atoms with Gasteiger partial charge >= 0.3 is 0 Å². The number of likely N-dealkylation sites (tertiary alicyclic amines) is 1. The van der Waals surface area contributed by atoms with Gasteiger partial charge in [-0.05, 0) is 43.2 Å². The molecule has 148 valence electrons. The van der Waals surface area contributed by atoms with Gasteiger partial charge in [-0.15, -0.1) is 11.8 Å². The number of benzene rings is 2. The van der Waals surface area contributed by atoms with Crippen molar-refractivity contribution in [1.29, 1.82) is 0 Å². The fraction of sp³-hybridized carbons (Fsp3) is 0.364. The molecule has 5 nitrogen and oxygen atoms in total. The van der Waals surface area contributed by atoms with Crippen LogP contribution in [-0.2, 0) is 16.1 Å². The largest absolute Gasteiger partial charge is 0.351 e. The molecule has 2 amide bonds. The number of anilines is 1. The molecule has 2 atom stereocenters. The van der Waals surface area contributed by atoms with Crippen LogP contribution in [0, 0.1) is 0 Å². The van der Waals surface area contributed by atoms with Gasteiger partial charge in [0.05, 0.1) is 5.25 Å². The van der Waals surface area contributed by atoms with Gasteiger partial charge < -0.3 is 10.6 Å². The monoisotopic (exact) mass is 397 g/mol. The van der Waals surface area contributed by atoms with E-state index in [9.17, 15) is 9.59 Å². The van der Waals surface area contributed by atoms with E-state index in [4.69, 9.17) is 0 Å². The standard InChI is InChI=1S/C22H27N3O2S/c1-16(28-21-10-8-19(9-11-21)23-17(2)26)22(27)24-20-12-13-25(15-20)14-18-6-4-3-5-7-18/h3-11,16,20H,12-15H2,1-2H3,(H,23,26)(H,24,27). The van der Waals surface area contributed by atoms with Crippen molar-refractivity contribution in [3.8, 4) is 0 Å². The van der Waals surface area contributed by atoms with E-state index < -0.39 is 0 Å². The molecule has 2 N–H and O–H groups in total. The van der Waals surface area contributed by atoms with Crippen molar-refractivity contribution < 1.29 is 9.59 Å². The number of rotatable bonds is 7. The summed E-state index contributed by atoms with van der Waals surface area (Å²) in [4.78, 5) is 27.1. The maximum Gasteiger partial charge on any atom is 0.233 e. The second kappa shape index (κ2) is 9.75. The molecule has 1 fully saturated rings. The zero-order chi connectivity index (χ0) is 19.9. The Balaban J connectivity index is 1.44. The van der Waals surface area contributed by atoms with Gasteiger partial charge in [0, 0.05) is 43.2 Å². The van der Waals surface area contributed by atoms with E-state index in [1.807, 2.05) is 37.3 Å². The highest BCUT2D eigenvalue weighted by molar-refractivity contribution is 8.00. The highest BCUT2D eigenvalue weighted by Gasteiger charge is 2.25. The maximum absolute atomic E-state index is 12.6. The average molecular weight is 398 g/mol. The molecule has 1 saturated heterocycles. The van der Waals surface area contributed by atoms with Crippen molar-refractivity contribution >= 4 is 29.3 Å². The average Bonchev–Trinajstić information content (AvgIpc) is 3.10.